The summed E-state index contributed by atoms with van der Waals surface area (Å²) in [5.74, 6) is -0.116. The maximum atomic E-state index is 12.3. The van der Waals surface area contributed by atoms with Gasteiger partial charge in [0.05, 0.1) is 6.26 Å². The molecular weight excluding hydrogens is 386 g/mol. The highest BCUT2D eigenvalue weighted by molar-refractivity contribution is 7.92. The average molecular weight is 414 g/mol. The third-order valence-electron chi connectivity index (χ3n) is 4.74. The zero-order valence-corrected chi connectivity index (χ0v) is 17.4. The predicted octanol–water partition coefficient (Wildman–Crippen LogP) is 2.85. The van der Waals surface area contributed by atoms with Crippen LogP contribution in [0.1, 0.15) is 24.0 Å². The molecule has 1 saturated heterocycles. The molecule has 1 amide bonds. The summed E-state index contributed by atoms with van der Waals surface area (Å²) >= 11 is 0. The van der Waals surface area contributed by atoms with E-state index in [-0.39, 0.29) is 11.9 Å². The second-order valence-electron chi connectivity index (χ2n) is 7.40. The molecule has 1 fully saturated rings. The van der Waals surface area contributed by atoms with Gasteiger partial charge in [0, 0.05) is 30.9 Å². The molecule has 1 aliphatic heterocycles. The van der Waals surface area contributed by atoms with Gasteiger partial charge in [0.2, 0.25) is 15.9 Å². The average Bonchev–Trinajstić information content (AvgIpc) is 2.67. The molecule has 6 nitrogen and oxygen atoms in total. The maximum Gasteiger partial charge on any atom is 0.244 e. The van der Waals surface area contributed by atoms with Gasteiger partial charge >= 0.3 is 0 Å². The first-order valence-corrected chi connectivity index (χ1v) is 11.6. The van der Waals surface area contributed by atoms with Crippen LogP contribution in [0.4, 0.5) is 5.69 Å². The van der Waals surface area contributed by atoms with E-state index in [0.29, 0.717) is 5.69 Å². The zero-order valence-electron chi connectivity index (χ0n) is 16.5. The first-order chi connectivity index (χ1) is 13.9. The topological polar surface area (TPSA) is 78.5 Å². The number of amides is 1. The smallest absolute Gasteiger partial charge is 0.244 e. The number of benzene rings is 2. The second-order valence-corrected chi connectivity index (χ2v) is 9.15. The highest BCUT2D eigenvalue weighted by Gasteiger charge is 2.20. The van der Waals surface area contributed by atoms with Gasteiger partial charge in [0.15, 0.2) is 0 Å². The lowest BCUT2D eigenvalue weighted by Gasteiger charge is -2.33. The van der Waals surface area contributed by atoms with Crippen molar-refractivity contribution in [3.05, 3.63) is 71.8 Å². The van der Waals surface area contributed by atoms with Crippen LogP contribution in [0.2, 0.25) is 0 Å². The molecule has 0 spiro atoms. The van der Waals surface area contributed by atoms with Crippen LogP contribution in [-0.2, 0) is 21.4 Å². The number of anilines is 1. The van der Waals surface area contributed by atoms with Crippen LogP contribution in [0, 0.1) is 0 Å². The Morgan fingerprint density at radius 2 is 1.86 bits per heavy atom. The van der Waals surface area contributed by atoms with Gasteiger partial charge in [0.1, 0.15) is 0 Å². The molecule has 0 saturated carbocycles. The standard InChI is InChI=1S/C22H27N3O3S/c1-29(27,28)24-20-12-9-18(10-13-20)11-14-22(26)23-21-8-5-15-25(17-21)16-19-6-3-2-4-7-19/h2-4,6-7,9-14,21,24H,5,8,15-17H2,1H3,(H,23,26). The molecule has 0 bridgehead atoms. The summed E-state index contributed by atoms with van der Waals surface area (Å²) in [7, 11) is -3.29. The van der Waals surface area contributed by atoms with Crippen molar-refractivity contribution >= 4 is 27.7 Å². The lowest BCUT2D eigenvalue weighted by Crippen LogP contribution is -2.46. The summed E-state index contributed by atoms with van der Waals surface area (Å²) in [4.78, 5) is 14.7. The van der Waals surface area contributed by atoms with E-state index in [1.165, 1.54) is 11.6 Å². The Bertz CT molecular complexity index is 941. The molecule has 154 valence electrons. The van der Waals surface area contributed by atoms with Crippen LogP contribution in [0.15, 0.2) is 60.7 Å². The Labute approximate surface area is 172 Å². The fourth-order valence-electron chi connectivity index (χ4n) is 3.46. The Balaban J connectivity index is 1.49. The van der Waals surface area contributed by atoms with E-state index in [0.717, 1.165) is 44.3 Å². The van der Waals surface area contributed by atoms with Gasteiger partial charge < -0.3 is 5.32 Å². The molecule has 2 aromatic rings. The SMILES string of the molecule is CS(=O)(=O)Nc1ccc(C=CC(=O)NC2CCCN(Cc3ccccc3)C2)cc1. The summed E-state index contributed by atoms with van der Waals surface area (Å²) < 4.78 is 24.9. The van der Waals surface area contributed by atoms with Gasteiger partial charge in [-0.2, -0.15) is 0 Å². The van der Waals surface area contributed by atoms with Crippen molar-refractivity contribution < 1.29 is 13.2 Å². The molecule has 1 atom stereocenters. The van der Waals surface area contributed by atoms with Crippen molar-refractivity contribution in [2.45, 2.75) is 25.4 Å². The highest BCUT2D eigenvalue weighted by Crippen LogP contribution is 2.14. The van der Waals surface area contributed by atoms with Crippen molar-refractivity contribution in [3.8, 4) is 0 Å². The van der Waals surface area contributed by atoms with Crippen LogP contribution in [0.3, 0.4) is 0 Å². The minimum atomic E-state index is -3.29. The molecule has 1 aliphatic rings. The Morgan fingerprint density at radius 3 is 2.55 bits per heavy atom. The number of hydrogen-bond acceptors (Lipinski definition) is 4. The first-order valence-electron chi connectivity index (χ1n) is 9.70. The monoisotopic (exact) mass is 413 g/mol. The molecule has 3 rings (SSSR count). The Hall–Kier alpha value is -2.64. The molecule has 1 heterocycles. The summed E-state index contributed by atoms with van der Waals surface area (Å²) in [5, 5.41) is 3.09. The quantitative estimate of drug-likeness (QED) is 0.684. The molecule has 1 unspecified atom stereocenters. The number of rotatable bonds is 7. The predicted molar refractivity (Wildman–Crippen MR) is 117 cm³/mol. The van der Waals surface area contributed by atoms with Gasteiger partial charge in [-0.1, -0.05) is 42.5 Å². The summed E-state index contributed by atoms with van der Waals surface area (Å²) in [5.41, 5.74) is 2.61. The number of nitrogens with zero attached hydrogens (tertiary/aromatic N) is 1. The van der Waals surface area contributed by atoms with Crippen LogP contribution >= 0.6 is 0 Å². The lowest BCUT2D eigenvalue weighted by atomic mass is 10.0. The highest BCUT2D eigenvalue weighted by atomic mass is 32.2. The number of hydrogen-bond donors (Lipinski definition) is 2. The van der Waals surface area contributed by atoms with Crippen molar-refractivity contribution in [2.75, 3.05) is 24.1 Å². The van der Waals surface area contributed by atoms with Gasteiger partial charge in [-0.05, 0) is 48.7 Å². The number of carbonyl (C=O) groups excluding carboxylic acids is 1. The summed E-state index contributed by atoms with van der Waals surface area (Å²) in [6.07, 6.45) is 6.41. The minimum Gasteiger partial charge on any atom is -0.349 e. The van der Waals surface area contributed by atoms with Gasteiger partial charge in [-0.3, -0.25) is 14.4 Å². The first kappa shape index (κ1) is 21.1. The van der Waals surface area contributed by atoms with E-state index < -0.39 is 10.0 Å². The largest absolute Gasteiger partial charge is 0.349 e. The third kappa shape index (κ3) is 7.36. The van der Waals surface area contributed by atoms with Crippen LogP contribution in [0.5, 0.6) is 0 Å². The van der Waals surface area contributed by atoms with E-state index >= 15 is 0 Å². The van der Waals surface area contributed by atoms with E-state index in [1.54, 1.807) is 30.3 Å². The summed E-state index contributed by atoms with van der Waals surface area (Å²) in [6, 6.07) is 17.4. The van der Waals surface area contributed by atoms with Crippen LogP contribution in [-0.4, -0.2) is 44.6 Å². The Morgan fingerprint density at radius 1 is 1.14 bits per heavy atom. The molecule has 29 heavy (non-hydrogen) atoms. The van der Waals surface area contributed by atoms with Crippen molar-refractivity contribution in [1.29, 1.82) is 0 Å². The van der Waals surface area contributed by atoms with E-state index in [9.17, 15) is 13.2 Å². The molecule has 0 aliphatic carbocycles. The van der Waals surface area contributed by atoms with E-state index in [2.05, 4.69) is 27.1 Å². The number of carbonyl (C=O) groups is 1. The number of nitrogens with one attached hydrogen (secondary N) is 2. The molecule has 7 heteroatoms. The molecular formula is C22H27N3O3S. The van der Waals surface area contributed by atoms with E-state index in [4.69, 9.17) is 0 Å². The van der Waals surface area contributed by atoms with Crippen molar-refractivity contribution in [3.63, 3.8) is 0 Å². The third-order valence-corrected chi connectivity index (χ3v) is 5.35. The molecule has 2 aromatic carbocycles. The normalized spacial score (nSPS) is 17.9. The fourth-order valence-corrected chi connectivity index (χ4v) is 4.02. The number of sulfonamides is 1. The maximum absolute atomic E-state index is 12.3. The van der Waals surface area contributed by atoms with Crippen LogP contribution in [0.25, 0.3) is 6.08 Å². The minimum absolute atomic E-state index is 0.116. The zero-order chi connectivity index (χ0) is 20.7. The molecule has 0 radical (unpaired) electrons. The van der Waals surface area contributed by atoms with Gasteiger partial charge in [-0.25, -0.2) is 8.42 Å². The fraction of sp³-hybridized carbons (Fsp3) is 0.318. The van der Waals surface area contributed by atoms with E-state index in [1.807, 2.05) is 18.2 Å². The molecule has 0 aromatic heterocycles. The van der Waals surface area contributed by atoms with Crippen LogP contribution < -0.4 is 10.0 Å². The lowest BCUT2D eigenvalue weighted by molar-refractivity contribution is -0.117. The van der Waals surface area contributed by atoms with Crippen molar-refractivity contribution in [2.24, 2.45) is 0 Å². The van der Waals surface area contributed by atoms with Gasteiger partial charge in [-0.15, -0.1) is 0 Å². The Kier molecular flexibility index (Phi) is 7.06. The van der Waals surface area contributed by atoms with Crippen molar-refractivity contribution in [1.82, 2.24) is 10.2 Å². The van der Waals surface area contributed by atoms with Gasteiger partial charge in [0.25, 0.3) is 0 Å². The molecule has 2 N–H and O–H groups in total. The number of likely N-dealkylation sites (tertiary alicyclic amines) is 1. The summed E-state index contributed by atoms with van der Waals surface area (Å²) in [6.45, 7) is 2.79. The second kappa shape index (κ2) is 9.71. The number of piperidine rings is 1.